The van der Waals surface area contributed by atoms with Crippen LogP contribution in [0.4, 0.5) is 9.52 Å². The van der Waals surface area contributed by atoms with Crippen LogP contribution in [0, 0.1) is 12.7 Å². The molecule has 5 nitrogen and oxygen atoms in total. The van der Waals surface area contributed by atoms with E-state index in [2.05, 4.69) is 15.6 Å². The van der Waals surface area contributed by atoms with Crippen molar-refractivity contribution in [1.82, 2.24) is 10.3 Å². The van der Waals surface area contributed by atoms with Crippen molar-refractivity contribution in [1.29, 1.82) is 0 Å². The van der Waals surface area contributed by atoms with Crippen molar-refractivity contribution in [3.05, 3.63) is 71.7 Å². The number of halogens is 1. The van der Waals surface area contributed by atoms with Gasteiger partial charge in [0, 0.05) is 18.5 Å². The van der Waals surface area contributed by atoms with Gasteiger partial charge in [-0.15, -0.1) is 0 Å². The van der Waals surface area contributed by atoms with Crippen LogP contribution in [-0.4, -0.2) is 23.3 Å². The molecule has 2 N–H and O–H groups in total. The van der Waals surface area contributed by atoms with Crippen LogP contribution in [0.2, 0.25) is 0 Å². The maximum atomic E-state index is 12.9. The Hall–Kier alpha value is -3.06. The standard InChI is InChI=1S/C21H20FN3O2S/c1-14-19(15-6-3-2-4-7-15)28-21(24-14)25-18(26)8-5-13-23-20(27)16-9-11-17(22)12-10-16/h2-4,6-7,9-12H,5,8,13H2,1H3,(H,23,27)(H,24,25,26). The Bertz CT molecular complexity index is 956. The highest BCUT2D eigenvalue weighted by atomic mass is 32.1. The molecule has 0 spiro atoms. The number of hydrogen-bond acceptors (Lipinski definition) is 4. The van der Waals surface area contributed by atoms with Gasteiger partial charge in [-0.2, -0.15) is 0 Å². The van der Waals surface area contributed by atoms with Crippen molar-refractivity contribution >= 4 is 28.3 Å². The number of benzene rings is 2. The van der Waals surface area contributed by atoms with E-state index < -0.39 is 0 Å². The lowest BCUT2D eigenvalue weighted by Crippen LogP contribution is -2.25. The number of nitrogens with one attached hydrogen (secondary N) is 2. The van der Waals surface area contributed by atoms with Crippen LogP contribution in [0.5, 0.6) is 0 Å². The van der Waals surface area contributed by atoms with Crippen LogP contribution >= 0.6 is 11.3 Å². The Kier molecular flexibility index (Phi) is 6.49. The second-order valence-electron chi connectivity index (χ2n) is 6.21. The summed E-state index contributed by atoms with van der Waals surface area (Å²) in [4.78, 5) is 29.5. The molecule has 1 heterocycles. The summed E-state index contributed by atoms with van der Waals surface area (Å²) < 4.78 is 12.9. The number of aromatic nitrogens is 1. The molecule has 0 aliphatic carbocycles. The number of aryl methyl sites for hydroxylation is 1. The molecular weight excluding hydrogens is 377 g/mol. The van der Waals surface area contributed by atoms with Gasteiger partial charge in [0.25, 0.3) is 5.91 Å². The first-order valence-electron chi connectivity index (χ1n) is 8.89. The van der Waals surface area contributed by atoms with Crippen LogP contribution in [-0.2, 0) is 4.79 Å². The predicted octanol–water partition coefficient (Wildman–Crippen LogP) is 4.41. The topological polar surface area (TPSA) is 71.1 Å². The lowest BCUT2D eigenvalue weighted by Gasteiger charge is -2.05. The van der Waals surface area contributed by atoms with Crippen LogP contribution in [0.3, 0.4) is 0 Å². The Morgan fingerprint density at radius 2 is 1.79 bits per heavy atom. The lowest BCUT2D eigenvalue weighted by molar-refractivity contribution is -0.116. The van der Waals surface area contributed by atoms with E-state index in [1.54, 1.807) is 0 Å². The Labute approximate surface area is 166 Å². The minimum absolute atomic E-state index is 0.149. The van der Waals surface area contributed by atoms with Gasteiger partial charge in [-0.05, 0) is 43.2 Å². The van der Waals surface area contributed by atoms with Crippen molar-refractivity contribution in [2.75, 3.05) is 11.9 Å². The third-order valence-corrected chi connectivity index (χ3v) is 5.17. The highest BCUT2D eigenvalue weighted by Crippen LogP contribution is 2.32. The first kappa shape index (κ1) is 19.7. The summed E-state index contributed by atoms with van der Waals surface area (Å²) in [6, 6.07) is 15.2. The third kappa shape index (κ3) is 5.23. The number of carbonyl (C=O) groups excluding carboxylic acids is 2. The minimum Gasteiger partial charge on any atom is -0.352 e. The maximum Gasteiger partial charge on any atom is 0.251 e. The van der Waals surface area contributed by atoms with Crippen molar-refractivity contribution in [3.8, 4) is 10.4 Å². The number of rotatable bonds is 7. The van der Waals surface area contributed by atoms with Crippen LogP contribution in [0.25, 0.3) is 10.4 Å². The fraction of sp³-hybridized carbons (Fsp3) is 0.190. The average molecular weight is 397 g/mol. The monoisotopic (exact) mass is 397 g/mol. The molecule has 0 aliphatic rings. The molecular formula is C21H20FN3O2S. The van der Waals surface area contributed by atoms with Gasteiger partial charge < -0.3 is 10.6 Å². The number of anilines is 1. The summed E-state index contributed by atoms with van der Waals surface area (Å²) in [5.74, 6) is -0.825. The summed E-state index contributed by atoms with van der Waals surface area (Å²) >= 11 is 1.44. The maximum absolute atomic E-state index is 12.9. The van der Waals surface area contributed by atoms with Gasteiger partial charge in [0.05, 0.1) is 10.6 Å². The number of thiazole rings is 1. The molecule has 7 heteroatoms. The van der Waals surface area contributed by atoms with Crippen molar-refractivity contribution in [2.45, 2.75) is 19.8 Å². The zero-order chi connectivity index (χ0) is 19.9. The lowest BCUT2D eigenvalue weighted by atomic mass is 10.2. The quantitative estimate of drug-likeness (QED) is 0.580. The van der Waals surface area contributed by atoms with Crippen LogP contribution in [0.15, 0.2) is 54.6 Å². The minimum atomic E-state index is -0.388. The van der Waals surface area contributed by atoms with E-state index in [1.165, 1.54) is 35.6 Å². The Morgan fingerprint density at radius 3 is 2.50 bits per heavy atom. The van der Waals surface area contributed by atoms with E-state index in [9.17, 15) is 14.0 Å². The van der Waals surface area contributed by atoms with Gasteiger partial charge in [0.2, 0.25) is 5.91 Å². The highest BCUT2D eigenvalue weighted by Gasteiger charge is 2.12. The molecule has 0 saturated carbocycles. The fourth-order valence-electron chi connectivity index (χ4n) is 2.64. The molecule has 1 aromatic heterocycles. The number of nitrogens with zero attached hydrogens (tertiary/aromatic N) is 1. The summed E-state index contributed by atoms with van der Waals surface area (Å²) in [7, 11) is 0. The number of hydrogen-bond donors (Lipinski definition) is 2. The molecule has 0 atom stereocenters. The summed E-state index contributed by atoms with van der Waals surface area (Å²) in [6.07, 6.45) is 0.762. The van der Waals surface area contributed by atoms with Crippen molar-refractivity contribution in [2.24, 2.45) is 0 Å². The normalized spacial score (nSPS) is 10.5. The van der Waals surface area contributed by atoms with Crippen molar-refractivity contribution < 1.29 is 14.0 Å². The molecule has 0 radical (unpaired) electrons. The Balaban J connectivity index is 1.45. The second-order valence-corrected chi connectivity index (χ2v) is 7.21. The molecule has 3 aromatic rings. The Morgan fingerprint density at radius 1 is 1.07 bits per heavy atom. The molecule has 0 bridgehead atoms. The average Bonchev–Trinajstić information content (AvgIpc) is 3.06. The van der Waals surface area contributed by atoms with Gasteiger partial charge >= 0.3 is 0 Å². The fourth-order valence-corrected chi connectivity index (χ4v) is 3.63. The molecule has 2 aromatic carbocycles. The molecule has 0 fully saturated rings. The zero-order valence-electron chi connectivity index (χ0n) is 15.4. The second kappa shape index (κ2) is 9.23. The van der Waals surface area contributed by atoms with Gasteiger partial charge in [-0.1, -0.05) is 41.7 Å². The summed E-state index contributed by atoms with van der Waals surface area (Å²) in [5, 5.41) is 6.10. The van der Waals surface area contributed by atoms with Crippen molar-refractivity contribution in [3.63, 3.8) is 0 Å². The van der Waals surface area contributed by atoms with E-state index in [4.69, 9.17) is 0 Å². The first-order valence-corrected chi connectivity index (χ1v) is 9.71. The van der Waals surface area contributed by atoms with E-state index in [-0.39, 0.29) is 24.1 Å². The smallest absolute Gasteiger partial charge is 0.251 e. The van der Waals surface area contributed by atoms with Crippen LogP contribution in [0.1, 0.15) is 28.9 Å². The van der Waals surface area contributed by atoms with Crippen LogP contribution < -0.4 is 10.6 Å². The highest BCUT2D eigenvalue weighted by molar-refractivity contribution is 7.19. The molecule has 0 unspecified atom stereocenters. The predicted molar refractivity (Wildman–Crippen MR) is 109 cm³/mol. The summed E-state index contributed by atoms with van der Waals surface area (Å²) in [5.41, 5.74) is 2.33. The van der Waals surface area contributed by atoms with Gasteiger partial charge in [0.15, 0.2) is 5.13 Å². The summed E-state index contributed by atoms with van der Waals surface area (Å²) in [6.45, 7) is 2.27. The zero-order valence-corrected chi connectivity index (χ0v) is 16.2. The van der Waals surface area contributed by atoms with E-state index >= 15 is 0 Å². The number of carbonyl (C=O) groups is 2. The molecule has 3 rings (SSSR count). The SMILES string of the molecule is Cc1nc(NC(=O)CCCNC(=O)c2ccc(F)cc2)sc1-c1ccccc1. The van der Waals surface area contributed by atoms with Gasteiger partial charge in [-0.25, -0.2) is 9.37 Å². The largest absolute Gasteiger partial charge is 0.352 e. The van der Waals surface area contributed by atoms with Gasteiger partial charge in [-0.3, -0.25) is 9.59 Å². The first-order chi connectivity index (χ1) is 13.5. The van der Waals surface area contributed by atoms with E-state index in [0.717, 1.165) is 16.1 Å². The molecule has 28 heavy (non-hydrogen) atoms. The molecule has 144 valence electrons. The molecule has 2 amide bonds. The van der Waals surface area contributed by atoms with E-state index in [0.29, 0.717) is 23.7 Å². The molecule has 0 aliphatic heterocycles. The third-order valence-electron chi connectivity index (χ3n) is 4.05. The van der Waals surface area contributed by atoms with Gasteiger partial charge in [0.1, 0.15) is 5.82 Å². The number of amides is 2. The molecule has 0 saturated heterocycles. The van der Waals surface area contributed by atoms with E-state index in [1.807, 2.05) is 37.3 Å².